The Morgan fingerprint density at radius 1 is 1.00 bits per heavy atom. The van der Waals surface area contributed by atoms with E-state index in [1.165, 1.54) is 16.8 Å². The van der Waals surface area contributed by atoms with Crippen LogP contribution >= 0.6 is 0 Å². The first-order chi connectivity index (χ1) is 15.8. The lowest BCUT2D eigenvalue weighted by atomic mass is 10.1. The van der Waals surface area contributed by atoms with Crippen LogP contribution in [-0.2, 0) is 22.5 Å². The molecule has 3 rings (SSSR count). The van der Waals surface area contributed by atoms with E-state index in [4.69, 9.17) is 4.74 Å². The lowest BCUT2D eigenvalue weighted by Gasteiger charge is -2.10. The Bertz CT molecular complexity index is 1140. The molecule has 0 saturated heterocycles. The Morgan fingerprint density at radius 3 is 2.45 bits per heavy atom. The first kappa shape index (κ1) is 24.3. The molecular weight excluding hydrogens is 426 g/mol. The zero-order chi connectivity index (χ0) is 23.8. The van der Waals surface area contributed by atoms with Gasteiger partial charge in [0.05, 0.1) is 25.3 Å². The molecule has 0 bridgehead atoms. The third-order valence-electron chi connectivity index (χ3n) is 5.14. The Morgan fingerprint density at radius 2 is 1.73 bits per heavy atom. The minimum absolute atomic E-state index is 0.142. The summed E-state index contributed by atoms with van der Waals surface area (Å²) in [6.45, 7) is 4.90. The fraction of sp³-hybridized carbons (Fsp3) is 0.346. The summed E-state index contributed by atoms with van der Waals surface area (Å²) in [5.41, 5.74) is 1.73. The first-order valence-corrected chi connectivity index (χ1v) is 11.1. The third kappa shape index (κ3) is 7.63. The molecule has 2 aromatic carbocycles. The quantitative estimate of drug-likeness (QED) is 0.314. The van der Waals surface area contributed by atoms with Crippen LogP contribution in [0.3, 0.4) is 0 Å². The van der Waals surface area contributed by atoms with E-state index in [0.29, 0.717) is 12.5 Å². The van der Waals surface area contributed by atoms with Crippen LogP contribution < -0.4 is 5.56 Å². The lowest BCUT2D eigenvalue weighted by molar-refractivity contribution is -0.142. The molecule has 3 aromatic rings. The molecule has 0 unspecified atom stereocenters. The van der Waals surface area contributed by atoms with E-state index >= 15 is 0 Å². The van der Waals surface area contributed by atoms with Crippen molar-refractivity contribution in [2.24, 2.45) is 5.92 Å². The van der Waals surface area contributed by atoms with Crippen LogP contribution in [0.15, 0.2) is 59.4 Å². The molecule has 0 aliphatic carbocycles. The topological polar surface area (TPSA) is 61.2 Å². The van der Waals surface area contributed by atoms with Crippen molar-refractivity contribution in [2.75, 3.05) is 6.61 Å². The molecule has 5 nitrogen and oxygen atoms in total. The zero-order valence-electron chi connectivity index (χ0n) is 18.9. The number of aromatic nitrogens is 2. The highest BCUT2D eigenvalue weighted by atomic mass is 19.1. The van der Waals surface area contributed by atoms with Gasteiger partial charge < -0.3 is 4.74 Å². The number of hydrogen-bond acceptors (Lipinski definition) is 4. The summed E-state index contributed by atoms with van der Waals surface area (Å²) in [5, 5.41) is 4.26. The summed E-state index contributed by atoms with van der Waals surface area (Å²) in [6.07, 6.45) is 3.14. The third-order valence-corrected chi connectivity index (χ3v) is 5.14. The molecular formula is C26H28F2N2O3. The van der Waals surface area contributed by atoms with E-state index in [1.54, 1.807) is 6.07 Å². The number of nitrogens with zero attached hydrogens (tertiary/aromatic N) is 2. The van der Waals surface area contributed by atoms with Gasteiger partial charge in [-0.2, -0.15) is 5.10 Å². The molecule has 0 aliphatic rings. The van der Waals surface area contributed by atoms with Crippen molar-refractivity contribution in [3.05, 3.63) is 87.7 Å². The Labute approximate surface area is 192 Å². The van der Waals surface area contributed by atoms with E-state index < -0.39 is 11.6 Å². The van der Waals surface area contributed by atoms with Gasteiger partial charge in [0, 0.05) is 17.7 Å². The van der Waals surface area contributed by atoms with Crippen LogP contribution in [0, 0.1) is 17.6 Å². The molecule has 0 spiro atoms. The van der Waals surface area contributed by atoms with Gasteiger partial charge in [-0.05, 0) is 48.1 Å². The highest BCUT2D eigenvalue weighted by Crippen LogP contribution is 2.19. The van der Waals surface area contributed by atoms with Gasteiger partial charge in [0.15, 0.2) is 0 Å². The number of benzene rings is 2. The number of hydrogen-bond donors (Lipinski definition) is 0. The highest BCUT2D eigenvalue weighted by Gasteiger charge is 2.09. The highest BCUT2D eigenvalue weighted by molar-refractivity contribution is 5.72. The molecule has 0 amide bonds. The molecule has 7 heteroatoms. The van der Waals surface area contributed by atoms with Gasteiger partial charge in [-0.15, -0.1) is 0 Å². The van der Waals surface area contributed by atoms with Crippen LogP contribution in [-0.4, -0.2) is 22.4 Å². The summed E-state index contributed by atoms with van der Waals surface area (Å²) in [5.74, 6) is -1.09. The predicted molar refractivity (Wildman–Crippen MR) is 123 cm³/mol. The van der Waals surface area contributed by atoms with Crippen molar-refractivity contribution >= 4 is 5.97 Å². The van der Waals surface area contributed by atoms with Gasteiger partial charge in [-0.3, -0.25) is 9.59 Å². The second kappa shape index (κ2) is 11.5. The maximum absolute atomic E-state index is 13.6. The summed E-state index contributed by atoms with van der Waals surface area (Å²) in [7, 11) is 0. The Kier molecular flexibility index (Phi) is 8.46. The predicted octanol–water partition coefficient (Wildman–Crippen LogP) is 5.15. The van der Waals surface area contributed by atoms with E-state index in [2.05, 4.69) is 18.9 Å². The van der Waals surface area contributed by atoms with Crippen LogP contribution in [0.4, 0.5) is 8.78 Å². The molecule has 1 heterocycles. The molecule has 0 N–H and O–H groups in total. The zero-order valence-corrected chi connectivity index (χ0v) is 18.9. The number of carbonyl (C=O) groups is 1. The number of carbonyl (C=O) groups excluding carboxylic acids is 1. The molecule has 0 radical (unpaired) electrons. The smallest absolute Gasteiger partial charge is 0.310 e. The maximum atomic E-state index is 13.6. The summed E-state index contributed by atoms with van der Waals surface area (Å²) >= 11 is 0. The van der Waals surface area contributed by atoms with E-state index in [-0.39, 0.29) is 35.8 Å². The molecule has 0 aliphatic heterocycles. The monoisotopic (exact) mass is 454 g/mol. The summed E-state index contributed by atoms with van der Waals surface area (Å²) in [6, 6.07) is 13.1. The largest absolute Gasteiger partial charge is 0.465 e. The average Bonchev–Trinajstić information content (AvgIpc) is 2.74. The molecule has 174 valence electrons. The van der Waals surface area contributed by atoms with E-state index in [0.717, 1.165) is 48.6 Å². The molecule has 0 fully saturated rings. The minimum Gasteiger partial charge on any atom is -0.465 e. The number of esters is 1. The SMILES string of the molecule is CC(C)CCCCOC(=O)Cc1cccc(Cn2nc(-c3cc(F)cc(F)c3)ccc2=O)c1. The fourth-order valence-electron chi connectivity index (χ4n) is 3.49. The summed E-state index contributed by atoms with van der Waals surface area (Å²) < 4.78 is 33.7. The van der Waals surface area contributed by atoms with Gasteiger partial charge >= 0.3 is 5.97 Å². The maximum Gasteiger partial charge on any atom is 0.310 e. The fourth-order valence-corrected chi connectivity index (χ4v) is 3.49. The van der Waals surface area contributed by atoms with Crippen LogP contribution in [0.5, 0.6) is 0 Å². The number of ether oxygens (including phenoxy) is 1. The van der Waals surface area contributed by atoms with Crippen molar-refractivity contribution in [3.63, 3.8) is 0 Å². The molecule has 0 atom stereocenters. The van der Waals surface area contributed by atoms with E-state index in [1.807, 2.05) is 18.2 Å². The van der Waals surface area contributed by atoms with Crippen molar-refractivity contribution in [1.82, 2.24) is 9.78 Å². The normalized spacial score (nSPS) is 11.1. The van der Waals surface area contributed by atoms with E-state index in [9.17, 15) is 18.4 Å². The second-order valence-electron chi connectivity index (χ2n) is 8.48. The Balaban J connectivity index is 1.65. The van der Waals surface area contributed by atoms with Gasteiger partial charge in [-0.1, -0.05) is 44.5 Å². The Hall–Kier alpha value is -3.35. The van der Waals surface area contributed by atoms with Crippen molar-refractivity contribution in [1.29, 1.82) is 0 Å². The first-order valence-electron chi connectivity index (χ1n) is 11.1. The standard InChI is InChI=1S/C26H28F2N2O3/c1-18(2)6-3-4-11-33-26(32)13-19-7-5-8-20(12-19)17-30-25(31)10-9-24(29-30)21-14-22(27)16-23(28)15-21/h5,7-10,12,14-16,18H,3-4,6,11,13,17H2,1-2H3. The number of unbranched alkanes of at least 4 members (excludes halogenated alkanes) is 1. The number of rotatable bonds is 10. The van der Waals surface area contributed by atoms with Crippen LogP contribution in [0.1, 0.15) is 44.2 Å². The average molecular weight is 455 g/mol. The van der Waals surface area contributed by atoms with Crippen molar-refractivity contribution in [3.8, 4) is 11.3 Å². The molecule has 1 aromatic heterocycles. The van der Waals surface area contributed by atoms with Crippen molar-refractivity contribution in [2.45, 2.75) is 46.1 Å². The number of halogens is 2. The van der Waals surface area contributed by atoms with Gasteiger partial charge in [0.1, 0.15) is 11.6 Å². The van der Waals surface area contributed by atoms with Crippen LogP contribution in [0.2, 0.25) is 0 Å². The van der Waals surface area contributed by atoms with Gasteiger partial charge in [-0.25, -0.2) is 13.5 Å². The molecule has 33 heavy (non-hydrogen) atoms. The van der Waals surface area contributed by atoms with Gasteiger partial charge in [0.25, 0.3) is 5.56 Å². The van der Waals surface area contributed by atoms with Gasteiger partial charge in [0.2, 0.25) is 0 Å². The van der Waals surface area contributed by atoms with Crippen molar-refractivity contribution < 1.29 is 18.3 Å². The second-order valence-corrected chi connectivity index (χ2v) is 8.48. The molecule has 0 saturated carbocycles. The van der Waals surface area contributed by atoms with Crippen LogP contribution in [0.25, 0.3) is 11.3 Å². The lowest BCUT2D eigenvalue weighted by Crippen LogP contribution is -2.23. The minimum atomic E-state index is -0.718. The summed E-state index contributed by atoms with van der Waals surface area (Å²) in [4.78, 5) is 24.4.